The molecule has 0 saturated carbocycles. The molecule has 3 N–H and O–H groups in total. The molecule has 1 heterocycles. The fraction of sp³-hybridized carbons (Fsp3) is 0.500. The fourth-order valence-electron chi connectivity index (χ4n) is 1.80. The highest BCUT2D eigenvalue weighted by Crippen LogP contribution is 2.33. The zero-order chi connectivity index (χ0) is 13.9. The van der Waals surface area contributed by atoms with Crippen LogP contribution in [0, 0.1) is 5.41 Å². The molecule has 4 nitrogen and oxygen atoms in total. The molecule has 0 radical (unpaired) electrons. The molecule has 19 heavy (non-hydrogen) atoms. The van der Waals surface area contributed by atoms with Crippen molar-refractivity contribution in [3.05, 3.63) is 18.2 Å². The van der Waals surface area contributed by atoms with Crippen LogP contribution < -0.4 is 10.6 Å². The molecule has 1 unspecified atom stereocenters. The van der Waals surface area contributed by atoms with Crippen molar-refractivity contribution in [1.29, 1.82) is 0 Å². The van der Waals surface area contributed by atoms with E-state index in [9.17, 15) is 9.90 Å². The lowest BCUT2D eigenvalue weighted by Gasteiger charge is -2.27. The Labute approximate surface area is 118 Å². The fourth-order valence-corrected chi connectivity index (χ4v) is 2.59. The molecule has 0 spiro atoms. The maximum atomic E-state index is 11.4. The maximum Gasteiger partial charge on any atom is 0.234 e. The summed E-state index contributed by atoms with van der Waals surface area (Å²) in [5.41, 5.74) is 1.72. The zero-order valence-corrected chi connectivity index (χ0v) is 12.1. The lowest BCUT2D eigenvalue weighted by molar-refractivity contribution is -0.113. The SMILES string of the molecule is CCC(C)(CO)CNc1ccc2c(c1)NC(=O)CS2. The highest BCUT2D eigenvalue weighted by atomic mass is 32.2. The Balaban J connectivity index is 2.06. The second-order valence-electron chi connectivity index (χ2n) is 5.22. The molecule has 1 amide bonds. The molecule has 2 rings (SSSR count). The lowest BCUT2D eigenvalue weighted by Crippen LogP contribution is -2.29. The quantitative estimate of drug-likeness (QED) is 0.775. The summed E-state index contributed by atoms with van der Waals surface area (Å²) in [7, 11) is 0. The van der Waals surface area contributed by atoms with E-state index in [1.54, 1.807) is 11.8 Å². The predicted molar refractivity (Wildman–Crippen MR) is 79.8 cm³/mol. The van der Waals surface area contributed by atoms with Gasteiger partial charge in [0.1, 0.15) is 0 Å². The van der Waals surface area contributed by atoms with Crippen LogP contribution in [0.1, 0.15) is 20.3 Å². The van der Waals surface area contributed by atoms with Crippen molar-refractivity contribution in [3.63, 3.8) is 0 Å². The minimum atomic E-state index is -0.117. The van der Waals surface area contributed by atoms with E-state index in [-0.39, 0.29) is 17.9 Å². The van der Waals surface area contributed by atoms with E-state index in [1.165, 1.54) is 0 Å². The van der Waals surface area contributed by atoms with Gasteiger partial charge in [0.15, 0.2) is 0 Å². The first kappa shape index (κ1) is 14.2. The van der Waals surface area contributed by atoms with Crippen molar-refractivity contribution < 1.29 is 9.90 Å². The molecule has 0 saturated heterocycles. The monoisotopic (exact) mass is 280 g/mol. The van der Waals surface area contributed by atoms with Gasteiger partial charge in [0.25, 0.3) is 0 Å². The number of hydrogen-bond acceptors (Lipinski definition) is 4. The number of anilines is 2. The Morgan fingerprint density at radius 1 is 1.53 bits per heavy atom. The third kappa shape index (κ3) is 3.42. The molecule has 0 fully saturated rings. The van der Waals surface area contributed by atoms with Gasteiger partial charge < -0.3 is 15.7 Å². The summed E-state index contributed by atoms with van der Waals surface area (Å²) in [6, 6.07) is 5.98. The van der Waals surface area contributed by atoms with E-state index in [1.807, 2.05) is 18.2 Å². The second-order valence-corrected chi connectivity index (χ2v) is 6.24. The summed E-state index contributed by atoms with van der Waals surface area (Å²) >= 11 is 1.56. The van der Waals surface area contributed by atoms with Gasteiger partial charge in [0, 0.05) is 22.5 Å². The van der Waals surface area contributed by atoms with Crippen LogP contribution in [0.2, 0.25) is 0 Å². The number of fused-ring (bicyclic) bond motifs is 1. The number of rotatable bonds is 5. The Morgan fingerprint density at radius 3 is 3.00 bits per heavy atom. The van der Waals surface area contributed by atoms with Crippen LogP contribution in [-0.4, -0.2) is 29.9 Å². The van der Waals surface area contributed by atoms with Crippen LogP contribution in [0.4, 0.5) is 11.4 Å². The van der Waals surface area contributed by atoms with Gasteiger partial charge in [0.05, 0.1) is 18.0 Å². The molecule has 5 heteroatoms. The summed E-state index contributed by atoms with van der Waals surface area (Å²) in [4.78, 5) is 12.5. The number of aliphatic hydroxyl groups is 1. The summed E-state index contributed by atoms with van der Waals surface area (Å²) in [6.45, 7) is 4.99. The number of benzene rings is 1. The molecular formula is C14H20N2O2S. The van der Waals surface area contributed by atoms with Gasteiger partial charge in [-0.05, 0) is 24.6 Å². The van der Waals surface area contributed by atoms with Crippen molar-refractivity contribution in [2.75, 3.05) is 29.5 Å². The summed E-state index contributed by atoms with van der Waals surface area (Å²) < 4.78 is 0. The first-order valence-corrected chi connectivity index (χ1v) is 7.46. The van der Waals surface area contributed by atoms with Crippen LogP contribution in [-0.2, 0) is 4.79 Å². The van der Waals surface area contributed by atoms with Crippen LogP contribution in [0.15, 0.2) is 23.1 Å². The molecular weight excluding hydrogens is 260 g/mol. The zero-order valence-electron chi connectivity index (χ0n) is 11.3. The average molecular weight is 280 g/mol. The number of nitrogens with one attached hydrogen (secondary N) is 2. The standard InChI is InChI=1S/C14H20N2O2S/c1-3-14(2,9-17)8-15-10-4-5-12-11(6-10)16-13(18)7-19-12/h4-6,15,17H,3,7-9H2,1-2H3,(H,16,18). The number of hydrogen-bond donors (Lipinski definition) is 3. The largest absolute Gasteiger partial charge is 0.396 e. The second kappa shape index (κ2) is 5.84. The van der Waals surface area contributed by atoms with Gasteiger partial charge in [-0.15, -0.1) is 11.8 Å². The minimum absolute atomic E-state index is 0.0448. The van der Waals surface area contributed by atoms with Gasteiger partial charge in [-0.1, -0.05) is 13.8 Å². The number of amides is 1. The molecule has 104 valence electrons. The van der Waals surface area contributed by atoms with Crippen LogP contribution in [0.3, 0.4) is 0 Å². The van der Waals surface area contributed by atoms with Gasteiger partial charge in [-0.3, -0.25) is 4.79 Å². The summed E-state index contributed by atoms with van der Waals surface area (Å²) in [5.74, 6) is 0.529. The van der Waals surface area contributed by atoms with E-state index in [0.717, 1.165) is 22.7 Å². The average Bonchev–Trinajstić information content (AvgIpc) is 2.44. The third-order valence-electron chi connectivity index (χ3n) is 3.57. The van der Waals surface area contributed by atoms with Crippen molar-refractivity contribution in [3.8, 4) is 0 Å². The number of aliphatic hydroxyl groups excluding tert-OH is 1. The predicted octanol–water partition coefficient (Wildman–Crippen LogP) is 2.55. The van der Waals surface area contributed by atoms with Crippen LogP contribution in [0.5, 0.6) is 0 Å². The molecule has 1 aliphatic heterocycles. The smallest absolute Gasteiger partial charge is 0.234 e. The van der Waals surface area contributed by atoms with Crippen molar-refractivity contribution in [2.24, 2.45) is 5.41 Å². The van der Waals surface area contributed by atoms with Crippen molar-refractivity contribution in [2.45, 2.75) is 25.2 Å². The van der Waals surface area contributed by atoms with Crippen LogP contribution >= 0.6 is 11.8 Å². The first-order chi connectivity index (χ1) is 9.06. The minimum Gasteiger partial charge on any atom is -0.396 e. The van der Waals surface area contributed by atoms with Crippen molar-refractivity contribution >= 4 is 29.0 Å². The highest BCUT2D eigenvalue weighted by Gasteiger charge is 2.21. The van der Waals surface area contributed by atoms with E-state index >= 15 is 0 Å². The Bertz CT molecular complexity index is 473. The van der Waals surface area contributed by atoms with E-state index < -0.39 is 0 Å². The molecule has 0 aromatic heterocycles. The van der Waals surface area contributed by atoms with E-state index in [0.29, 0.717) is 12.3 Å². The third-order valence-corrected chi connectivity index (χ3v) is 4.64. The lowest BCUT2D eigenvalue weighted by atomic mass is 9.88. The number of carbonyl (C=O) groups excluding carboxylic acids is 1. The van der Waals surface area contributed by atoms with Gasteiger partial charge in [0.2, 0.25) is 5.91 Å². The molecule has 1 aliphatic rings. The summed E-state index contributed by atoms with van der Waals surface area (Å²) in [5, 5.41) is 15.6. The molecule has 1 aromatic rings. The Kier molecular flexibility index (Phi) is 4.37. The first-order valence-electron chi connectivity index (χ1n) is 6.48. The Morgan fingerprint density at radius 2 is 2.32 bits per heavy atom. The summed E-state index contributed by atoms with van der Waals surface area (Å²) in [6.07, 6.45) is 0.911. The van der Waals surface area contributed by atoms with Crippen molar-refractivity contribution in [1.82, 2.24) is 0 Å². The van der Waals surface area contributed by atoms with Gasteiger partial charge >= 0.3 is 0 Å². The maximum absolute atomic E-state index is 11.4. The van der Waals surface area contributed by atoms with Crippen LogP contribution in [0.25, 0.3) is 0 Å². The molecule has 0 aliphatic carbocycles. The van der Waals surface area contributed by atoms with Gasteiger partial charge in [-0.25, -0.2) is 0 Å². The number of carbonyl (C=O) groups is 1. The Hall–Kier alpha value is -1.20. The topological polar surface area (TPSA) is 61.4 Å². The molecule has 1 atom stereocenters. The van der Waals surface area contributed by atoms with Gasteiger partial charge in [-0.2, -0.15) is 0 Å². The molecule has 1 aromatic carbocycles. The normalized spacial score (nSPS) is 17.3. The highest BCUT2D eigenvalue weighted by molar-refractivity contribution is 8.00. The van der Waals surface area contributed by atoms with E-state index in [4.69, 9.17) is 0 Å². The molecule has 0 bridgehead atoms. The van der Waals surface area contributed by atoms with E-state index in [2.05, 4.69) is 24.5 Å². The number of thioether (sulfide) groups is 1.